The standard InChI is InChI=1S/C11H13BrN4O2S/c1-7-13-4-8(19-7)5-14-9-6-15-16(2-3-17)11(18)10(9)12/h4,6,14,17H,2-3,5H2,1H3. The van der Waals surface area contributed by atoms with Crippen molar-refractivity contribution in [1.82, 2.24) is 14.8 Å². The molecule has 8 heteroatoms. The first-order valence-corrected chi connectivity index (χ1v) is 7.24. The zero-order chi connectivity index (χ0) is 13.8. The molecule has 0 unspecified atom stereocenters. The fourth-order valence-electron chi connectivity index (χ4n) is 1.51. The fourth-order valence-corrected chi connectivity index (χ4v) is 2.69. The van der Waals surface area contributed by atoms with Crippen LogP contribution in [-0.4, -0.2) is 26.5 Å². The maximum Gasteiger partial charge on any atom is 0.283 e. The molecule has 0 atom stereocenters. The number of anilines is 1. The molecular formula is C11H13BrN4O2S. The van der Waals surface area contributed by atoms with Crippen LogP contribution < -0.4 is 10.9 Å². The lowest BCUT2D eigenvalue weighted by atomic mass is 10.4. The lowest BCUT2D eigenvalue weighted by molar-refractivity contribution is 0.266. The molecule has 0 radical (unpaired) electrons. The van der Waals surface area contributed by atoms with Gasteiger partial charge in [-0.05, 0) is 22.9 Å². The summed E-state index contributed by atoms with van der Waals surface area (Å²) in [5.74, 6) is 0. The monoisotopic (exact) mass is 344 g/mol. The van der Waals surface area contributed by atoms with Crippen molar-refractivity contribution in [2.45, 2.75) is 20.0 Å². The molecule has 2 aromatic heterocycles. The van der Waals surface area contributed by atoms with Gasteiger partial charge in [0, 0.05) is 11.1 Å². The van der Waals surface area contributed by atoms with Gasteiger partial charge in [0.15, 0.2) is 0 Å². The molecule has 0 amide bonds. The van der Waals surface area contributed by atoms with Crippen LogP contribution in [0.5, 0.6) is 0 Å². The van der Waals surface area contributed by atoms with E-state index in [1.807, 2.05) is 6.92 Å². The van der Waals surface area contributed by atoms with Crippen molar-refractivity contribution in [3.05, 3.63) is 37.1 Å². The van der Waals surface area contributed by atoms with Crippen molar-refractivity contribution < 1.29 is 5.11 Å². The number of hydrogen-bond acceptors (Lipinski definition) is 6. The summed E-state index contributed by atoms with van der Waals surface area (Å²) in [5, 5.41) is 17.0. The van der Waals surface area contributed by atoms with Gasteiger partial charge in [-0.1, -0.05) is 0 Å². The molecule has 0 aliphatic rings. The van der Waals surface area contributed by atoms with E-state index >= 15 is 0 Å². The maximum absolute atomic E-state index is 11.9. The normalized spacial score (nSPS) is 10.7. The molecule has 0 saturated carbocycles. The van der Waals surface area contributed by atoms with Gasteiger partial charge in [0.05, 0.1) is 36.6 Å². The minimum absolute atomic E-state index is 0.119. The summed E-state index contributed by atoms with van der Waals surface area (Å²) >= 11 is 4.85. The van der Waals surface area contributed by atoms with Gasteiger partial charge in [-0.3, -0.25) is 4.79 Å². The third-order valence-corrected chi connectivity index (χ3v) is 4.10. The average Bonchev–Trinajstić information content (AvgIpc) is 2.80. The molecule has 102 valence electrons. The molecule has 0 spiro atoms. The minimum Gasteiger partial charge on any atom is -0.394 e. The largest absolute Gasteiger partial charge is 0.394 e. The Morgan fingerprint density at radius 3 is 2.95 bits per heavy atom. The van der Waals surface area contributed by atoms with E-state index in [1.165, 1.54) is 4.68 Å². The van der Waals surface area contributed by atoms with Crippen LogP contribution in [0.25, 0.3) is 0 Å². The Labute approximate surface area is 122 Å². The van der Waals surface area contributed by atoms with Crippen LogP contribution in [0.1, 0.15) is 9.88 Å². The summed E-state index contributed by atoms with van der Waals surface area (Å²) < 4.78 is 1.63. The summed E-state index contributed by atoms with van der Waals surface area (Å²) in [6.45, 7) is 2.61. The Morgan fingerprint density at radius 1 is 1.53 bits per heavy atom. The van der Waals surface area contributed by atoms with Gasteiger partial charge in [0.1, 0.15) is 4.47 Å². The first-order chi connectivity index (χ1) is 9.11. The number of nitrogens with zero attached hydrogens (tertiary/aromatic N) is 3. The van der Waals surface area contributed by atoms with E-state index in [4.69, 9.17) is 5.11 Å². The van der Waals surface area contributed by atoms with E-state index in [1.54, 1.807) is 23.7 Å². The summed E-state index contributed by atoms with van der Waals surface area (Å²) in [7, 11) is 0. The maximum atomic E-state index is 11.9. The van der Waals surface area contributed by atoms with E-state index < -0.39 is 0 Å². The van der Waals surface area contributed by atoms with E-state index in [0.29, 0.717) is 16.7 Å². The number of hydrogen-bond donors (Lipinski definition) is 2. The topological polar surface area (TPSA) is 80.0 Å². The number of aliphatic hydroxyl groups excluding tert-OH is 1. The molecule has 0 aliphatic carbocycles. The first kappa shape index (κ1) is 14.2. The Morgan fingerprint density at radius 2 is 2.32 bits per heavy atom. The summed E-state index contributed by atoms with van der Waals surface area (Å²) in [6, 6.07) is 0. The van der Waals surface area contributed by atoms with Crippen LogP contribution in [0, 0.1) is 6.92 Å². The van der Waals surface area contributed by atoms with Crippen molar-refractivity contribution in [3.8, 4) is 0 Å². The van der Waals surface area contributed by atoms with Crippen LogP contribution in [0.4, 0.5) is 5.69 Å². The van der Waals surface area contributed by atoms with Crippen molar-refractivity contribution in [3.63, 3.8) is 0 Å². The van der Waals surface area contributed by atoms with E-state index in [9.17, 15) is 4.79 Å². The number of nitrogens with one attached hydrogen (secondary N) is 1. The predicted octanol–water partition coefficient (Wildman–Crippen LogP) is 1.38. The van der Waals surface area contributed by atoms with Crippen molar-refractivity contribution in [1.29, 1.82) is 0 Å². The highest BCUT2D eigenvalue weighted by Gasteiger charge is 2.08. The number of thiazole rings is 1. The fraction of sp³-hybridized carbons (Fsp3) is 0.364. The Kier molecular flexibility index (Phi) is 4.67. The molecular weight excluding hydrogens is 332 g/mol. The highest BCUT2D eigenvalue weighted by Crippen LogP contribution is 2.19. The first-order valence-electron chi connectivity index (χ1n) is 5.63. The van der Waals surface area contributed by atoms with E-state index in [0.717, 1.165) is 9.88 Å². The summed E-state index contributed by atoms with van der Waals surface area (Å²) in [6.07, 6.45) is 3.37. The molecule has 0 fully saturated rings. The van der Waals surface area contributed by atoms with Crippen molar-refractivity contribution in [2.75, 3.05) is 11.9 Å². The zero-order valence-electron chi connectivity index (χ0n) is 10.3. The number of aliphatic hydroxyl groups is 1. The minimum atomic E-state index is -0.264. The van der Waals surface area contributed by atoms with Crippen molar-refractivity contribution >= 4 is 33.0 Å². The Hall–Kier alpha value is -1.25. The van der Waals surface area contributed by atoms with Gasteiger partial charge < -0.3 is 10.4 Å². The molecule has 19 heavy (non-hydrogen) atoms. The smallest absolute Gasteiger partial charge is 0.283 e. The third kappa shape index (κ3) is 3.40. The number of aryl methyl sites for hydroxylation is 1. The number of halogens is 1. The molecule has 2 aromatic rings. The second-order valence-corrected chi connectivity index (χ2v) is 5.94. The molecule has 6 nitrogen and oxygen atoms in total. The molecule has 2 N–H and O–H groups in total. The quantitative estimate of drug-likeness (QED) is 0.856. The molecule has 2 heterocycles. The van der Waals surface area contributed by atoms with Gasteiger partial charge in [-0.25, -0.2) is 9.67 Å². The second-order valence-electron chi connectivity index (χ2n) is 3.82. The van der Waals surface area contributed by atoms with Crippen LogP contribution in [0.2, 0.25) is 0 Å². The lowest BCUT2D eigenvalue weighted by Crippen LogP contribution is -2.25. The van der Waals surface area contributed by atoms with Crippen LogP contribution in [0.3, 0.4) is 0 Å². The van der Waals surface area contributed by atoms with Gasteiger partial charge in [0.25, 0.3) is 5.56 Å². The van der Waals surface area contributed by atoms with E-state index in [2.05, 4.69) is 31.3 Å². The van der Waals surface area contributed by atoms with Gasteiger partial charge >= 0.3 is 0 Å². The summed E-state index contributed by atoms with van der Waals surface area (Å²) in [5.41, 5.74) is 0.366. The Balaban J connectivity index is 2.13. The van der Waals surface area contributed by atoms with Crippen molar-refractivity contribution in [2.24, 2.45) is 0 Å². The predicted molar refractivity (Wildman–Crippen MR) is 77.5 cm³/mol. The van der Waals surface area contributed by atoms with Gasteiger partial charge in [-0.2, -0.15) is 5.10 Å². The Bertz CT molecular complexity index is 625. The van der Waals surface area contributed by atoms with Gasteiger partial charge in [-0.15, -0.1) is 11.3 Å². The third-order valence-electron chi connectivity index (χ3n) is 2.42. The highest BCUT2D eigenvalue weighted by molar-refractivity contribution is 9.10. The second kappa shape index (κ2) is 6.27. The SMILES string of the molecule is Cc1ncc(CNc2cnn(CCO)c(=O)c2Br)s1. The number of rotatable bonds is 5. The molecule has 0 bridgehead atoms. The van der Waals surface area contributed by atoms with Gasteiger partial charge in [0.2, 0.25) is 0 Å². The lowest BCUT2D eigenvalue weighted by Gasteiger charge is -2.08. The average molecular weight is 345 g/mol. The van der Waals surface area contributed by atoms with Crippen LogP contribution in [-0.2, 0) is 13.1 Å². The molecule has 0 aromatic carbocycles. The molecule has 0 saturated heterocycles. The number of aromatic nitrogens is 3. The summed E-state index contributed by atoms with van der Waals surface area (Å²) in [4.78, 5) is 17.1. The van der Waals surface area contributed by atoms with Crippen LogP contribution >= 0.6 is 27.3 Å². The molecule has 2 rings (SSSR count). The van der Waals surface area contributed by atoms with Crippen LogP contribution in [0.15, 0.2) is 21.7 Å². The van der Waals surface area contributed by atoms with E-state index in [-0.39, 0.29) is 18.7 Å². The molecule has 0 aliphatic heterocycles. The zero-order valence-corrected chi connectivity index (χ0v) is 12.7. The highest BCUT2D eigenvalue weighted by atomic mass is 79.9.